The van der Waals surface area contributed by atoms with E-state index in [4.69, 9.17) is 4.52 Å². The minimum absolute atomic E-state index is 0. The molecule has 2 heterocycles. The number of aryl methyl sites for hydroxylation is 1. The summed E-state index contributed by atoms with van der Waals surface area (Å²) >= 11 is 0. The molecule has 0 radical (unpaired) electrons. The zero-order valence-electron chi connectivity index (χ0n) is 13.0. The van der Waals surface area contributed by atoms with Crippen LogP contribution in [-0.4, -0.2) is 39.2 Å². The molecular formula is C15H24ClN3O3. The van der Waals surface area contributed by atoms with E-state index in [1.807, 2.05) is 0 Å². The zero-order valence-corrected chi connectivity index (χ0v) is 13.8. The third-order valence-corrected chi connectivity index (χ3v) is 4.99. The maximum absolute atomic E-state index is 11.6. The summed E-state index contributed by atoms with van der Waals surface area (Å²) in [5.74, 6) is 1.01. The van der Waals surface area contributed by atoms with E-state index in [9.17, 15) is 9.90 Å². The van der Waals surface area contributed by atoms with Crippen molar-refractivity contribution in [3.63, 3.8) is 0 Å². The SMILES string of the molecule is CCCCc1noc(CN2C[C@@H]3CCC[C@@]3(C(=O)O)C2)n1.Cl. The first kappa shape index (κ1) is 17.2. The standard InChI is InChI=1S/C15H23N3O3.ClH/c1-2-3-6-12-16-13(21-17-12)9-18-8-11-5-4-7-15(11,10-18)14(19)20;/h11H,2-10H2,1H3,(H,19,20);1H/t11-,15+;/m0./s1. The molecule has 0 spiro atoms. The molecule has 2 fully saturated rings. The molecule has 1 aromatic heterocycles. The van der Waals surface area contributed by atoms with Crippen LogP contribution in [0.3, 0.4) is 0 Å². The third kappa shape index (κ3) is 3.13. The first-order valence-electron chi connectivity index (χ1n) is 7.91. The van der Waals surface area contributed by atoms with Crippen molar-refractivity contribution in [1.29, 1.82) is 0 Å². The third-order valence-electron chi connectivity index (χ3n) is 4.99. The molecule has 1 saturated carbocycles. The molecule has 0 amide bonds. The Bertz CT molecular complexity index is 522. The van der Waals surface area contributed by atoms with Crippen molar-refractivity contribution in [2.24, 2.45) is 11.3 Å². The number of fused-ring (bicyclic) bond motifs is 1. The molecule has 3 rings (SSSR count). The number of carbonyl (C=O) groups is 1. The van der Waals surface area contributed by atoms with Gasteiger partial charge in [-0.05, 0) is 25.2 Å². The number of hydrogen-bond acceptors (Lipinski definition) is 5. The molecule has 0 unspecified atom stereocenters. The highest BCUT2D eigenvalue weighted by molar-refractivity contribution is 5.85. The number of nitrogens with zero attached hydrogens (tertiary/aromatic N) is 3. The Morgan fingerprint density at radius 1 is 1.55 bits per heavy atom. The van der Waals surface area contributed by atoms with Crippen LogP contribution in [0.1, 0.15) is 50.7 Å². The molecule has 1 aromatic rings. The van der Waals surface area contributed by atoms with Crippen LogP contribution in [0, 0.1) is 11.3 Å². The Labute approximate surface area is 136 Å². The van der Waals surface area contributed by atoms with Gasteiger partial charge < -0.3 is 9.63 Å². The van der Waals surface area contributed by atoms with Gasteiger partial charge in [0.05, 0.1) is 12.0 Å². The Hall–Kier alpha value is -1.14. The van der Waals surface area contributed by atoms with E-state index in [2.05, 4.69) is 22.0 Å². The monoisotopic (exact) mass is 329 g/mol. The van der Waals surface area contributed by atoms with Crippen molar-refractivity contribution in [2.75, 3.05) is 13.1 Å². The summed E-state index contributed by atoms with van der Waals surface area (Å²) in [6.45, 7) is 4.15. The largest absolute Gasteiger partial charge is 0.481 e. The number of likely N-dealkylation sites (tertiary alicyclic amines) is 1. The molecule has 0 aromatic carbocycles. The van der Waals surface area contributed by atoms with E-state index >= 15 is 0 Å². The average Bonchev–Trinajstić information content (AvgIpc) is 3.10. The molecular weight excluding hydrogens is 306 g/mol. The number of carboxylic acids is 1. The summed E-state index contributed by atoms with van der Waals surface area (Å²) in [7, 11) is 0. The van der Waals surface area contributed by atoms with Gasteiger partial charge in [0.2, 0.25) is 5.89 Å². The summed E-state index contributed by atoms with van der Waals surface area (Å²) in [5.41, 5.74) is -0.537. The van der Waals surface area contributed by atoms with Crippen LogP contribution in [0.2, 0.25) is 0 Å². The quantitative estimate of drug-likeness (QED) is 0.864. The highest BCUT2D eigenvalue weighted by Crippen LogP contribution is 2.49. The highest BCUT2D eigenvalue weighted by Gasteiger charge is 2.54. The van der Waals surface area contributed by atoms with Crippen LogP contribution >= 0.6 is 12.4 Å². The van der Waals surface area contributed by atoms with Gasteiger partial charge in [-0.3, -0.25) is 9.69 Å². The summed E-state index contributed by atoms with van der Waals surface area (Å²) in [4.78, 5) is 18.2. The lowest BCUT2D eigenvalue weighted by atomic mass is 9.81. The van der Waals surface area contributed by atoms with E-state index < -0.39 is 11.4 Å². The molecule has 7 heteroatoms. The van der Waals surface area contributed by atoms with Gasteiger partial charge in [0.25, 0.3) is 0 Å². The lowest BCUT2D eigenvalue weighted by Gasteiger charge is -2.23. The number of unbranched alkanes of at least 4 members (excludes halogenated alkanes) is 1. The van der Waals surface area contributed by atoms with E-state index in [1.54, 1.807) is 0 Å². The number of hydrogen-bond donors (Lipinski definition) is 1. The Morgan fingerprint density at radius 2 is 2.36 bits per heavy atom. The maximum atomic E-state index is 11.6. The number of aliphatic carboxylic acids is 1. The molecule has 2 aliphatic rings. The van der Waals surface area contributed by atoms with Crippen LogP contribution in [-0.2, 0) is 17.8 Å². The van der Waals surface area contributed by atoms with Gasteiger partial charge in [-0.2, -0.15) is 4.98 Å². The average molecular weight is 330 g/mol. The van der Waals surface area contributed by atoms with Crippen molar-refractivity contribution in [3.05, 3.63) is 11.7 Å². The minimum atomic E-state index is -0.637. The summed E-state index contributed by atoms with van der Waals surface area (Å²) in [6.07, 6.45) is 5.88. The molecule has 6 nitrogen and oxygen atoms in total. The predicted molar refractivity (Wildman–Crippen MR) is 82.8 cm³/mol. The second-order valence-corrected chi connectivity index (χ2v) is 6.43. The van der Waals surface area contributed by atoms with Gasteiger partial charge in [-0.25, -0.2) is 0 Å². The Balaban J connectivity index is 0.00000176. The van der Waals surface area contributed by atoms with Crippen LogP contribution < -0.4 is 0 Å². The molecule has 1 aliphatic heterocycles. The van der Waals surface area contributed by atoms with Crippen molar-refractivity contribution in [1.82, 2.24) is 15.0 Å². The summed E-state index contributed by atoms with van der Waals surface area (Å²) < 4.78 is 5.29. The molecule has 22 heavy (non-hydrogen) atoms. The molecule has 1 aliphatic carbocycles. The topological polar surface area (TPSA) is 79.5 Å². The fourth-order valence-corrected chi connectivity index (χ4v) is 3.85. The highest BCUT2D eigenvalue weighted by atomic mass is 35.5. The van der Waals surface area contributed by atoms with E-state index in [0.717, 1.165) is 50.9 Å². The molecule has 2 atom stereocenters. The normalized spacial score (nSPS) is 27.6. The van der Waals surface area contributed by atoms with E-state index in [-0.39, 0.29) is 18.3 Å². The van der Waals surface area contributed by atoms with Crippen LogP contribution in [0.5, 0.6) is 0 Å². The summed E-state index contributed by atoms with van der Waals surface area (Å²) in [5, 5.41) is 13.6. The fraction of sp³-hybridized carbons (Fsp3) is 0.800. The van der Waals surface area contributed by atoms with Crippen molar-refractivity contribution >= 4 is 18.4 Å². The van der Waals surface area contributed by atoms with Crippen LogP contribution in [0.15, 0.2) is 4.52 Å². The number of aromatic nitrogens is 2. The van der Waals surface area contributed by atoms with Gasteiger partial charge in [0.1, 0.15) is 0 Å². The first-order chi connectivity index (χ1) is 10.1. The van der Waals surface area contributed by atoms with E-state index in [1.165, 1.54) is 0 Å². The predicted octanol–water partition coefficient (Wildman–Crippen LogP) is 2.52. The molecule has 1 N–H and O–H groups in total. The number of carboxylic acid groups (broad SMARTS) is 1. The second kappa shape index (κ2) is 6.96. The lowest BCUT2D eigenvalue weighted by Crippen LogP contribution is -2.35. The summed E-state index contributed by atoms with van der Waals surface area (Å²) in [6, 6.07) is 0. The molecule has 1 saturated heterocycles. The van der Waals surface area contributed by atoms with Gasteiger partial charge in [-0.1, -0.05) is 24.9 Å². The zero-order chi connectivity index (χ0) is 14.9. The van der Waals surface area contributed by atoms with Crippen molar-refractivity contribution < 1.29 is 14.4 Å². The van der Waals surface area contributed by atoms with Gasteiger partial charge in [-0.15, -0.1) is 12.4 Å². The van der Waals surface area contributed by atoms with Gasteiger partial charge >= 0.3 is 5.97 Å². The Morgan fingerprint density at radius 3 is 3.05 bits per heavy atom. The second-order valence-electron chi connectivity index (χ2n) is 6.43. The first-order valence-corrected chi connectivity index (χ1v) is 7.91. The minimum Gasteiger partial charge on any atom is -0.481 e. The van der Waals surface area contributed by atoms with Gasteiger partial charge in [0.15, 0.2) is 5.82 Å². The molecule has 124 valence electrons. The lowest BCUT2D eigenvalue weighted by molar-refractivity contribution is -0.149. The van der Waals surface area contributed by atoms with Crippen molar-refractivity contribution in [3.8, 4) is 0 Å². The van der Waals surface area contributed by atoms with Crippen molar-refractivity contribution in [2.45, 2.75) is 52.0 Å². The van der Waals surface area contributed by atoms with Crippen LogP contribution in [0.4, 0.5) is 0 Å². The van der Waals surface area contributed by atoms with Gasteiger partial charge in [0, 0.05) is 19.5 Å². The van der Waals surface area contributed by atoms with Crippen LogP contribution in [0.25, 0.3) is 0 Å². The number of rotatable bonds is 6. The van der Waals surface area contributed by atoms with E-state index in [0.29, 0.717) is 19.0 Å². The maximum Gasteiger partial charge on any atom is 0.311 e. The Kier molecular flexibility index (Phi) is 5.45. The number of halogens is 1. The smallest absolute Gasteiger partial charge is 0.311 e. The molecule has 0 bridgehead atoms. The fourth-order valence-electron chi connectivity index (χ4n) is 3.85.